The van der Waals surface area contributed by atoms with Gasteiger partial charge in [0, 0.05) is 18.9 Å². The van der Waals surface area contributed by atoms with Crippen molar-refractivity contribution >= 4 is 29.9 Å². The standard InChI is InChI=1S/C12H5F17N2S.C2H7O3PS/c1-31-3-2-30-4(31)32-10(23,12(27,28)29)8(19,20)6(15,16)5(13,14)7(17,18)9(21,22)11(24,25)26;1-5-6(3,4)7-2/h2-3H,1H3;1-2H3,(H,3,4). The molecule has 1 rings (SSSR count). The fraction of sp³-hybridized carbons (Fsp3) is 0.786. The van der Waals surface area contributed by atoms with E-state index in [1.165, 1.54) is 6.26 Å². The molecule has 2 unspecified atom stereocenters. The Labute approximate surface area is 213 Å². The van der Waals surface area contributed by atoms with Gasteiger partial charge in [-0.3, -0.25) is 4.57 Å². The first-order chi connectivity index (χ1) is 16.9. The van der Waals surface area contributed by atoms with Crippen molar-refractivity contribution in [3.8, 4) is 0 Å². The number of aryl methyl sites for hydroxylation is 1. The summed E-state index contributed by atoms with van der Waals surface area (Å²) in [6, 6.07) is 0. The molecule has 0 fully saturated rings. The zero-order chi connectivity index (χ0) is 31.9. The van der Waals surface area contributed by atoms with E-state index in [9.17, 15) is 84.1 Å². The van der Waals surface area contributed by atoms with Crippen LogP contribution in [0, 0.1) is 0 Å². The number of alkyl halides is 17. The molecule has 1 N–H and O–H groups in total. The number of hydrogen-bond acceptors (Lipinski definition) is 5. The van der Waals surface area contributed by atoms with Crippen molar-refractivity contribution < 1.29 is 93.2 Å². The van der Waals surface area contributed by atoms with Crippen LogP contribution in [-0.4, -0.2) is 65.3 Å². The maximum Gasteiger partial charge on any atom is 0.460 e. The molecule has 1 heterocycles. The number of imidazole rings is 1. The van der Waals surface area contributed by atoms with Crippen LogP contribution in [0.25, 0.3) is 0 Å². The molecule has 0 amide bonds. The average Bonchev–Trinajstić information content (AvgIpc) is 3.15. The van der Waals surface area contributed by atoms with Crippen molar-refractivity contribution in [1.29, 1.82) is 0 Å². The van der Waals surface area contributed by atoms with Crippen molar-refractivity contribution in [2.24, 2.45) is 7.05 Å². The van der Waals surface area contributed by atoms with Crippen LogP contribution < -0.4 is 9.46 Å². The molecule has 5 nitrogen and oxygen atoms in total. The lowest BCUT2D eigenvalue weighted by Crippen LogP contribution is -2.74. The quantitative estimate of drug-likeness (QED) is 0.143. The molecule has 0 aromatic carbocycles. The Morgan fingerprint density at radius 3 is 1.41 bits per heavy atom. The van der Waals surface area contributed by atoms with Gasteiger partial charge in [0.2, 0.25) is 0 Å². The molecule has 0 bridgehead atoms. The number of rotatable bonds is 9. The number of hydrogen-bond donors (Lipinski definition) is 1. The summed E-state index contributed by atoms with van der Waals surface area (Å²) in [5.41, 5.74) is 0. The normalized spacial score (nSPS) is 17.7. The Bertz CT molecular complexity index is 1020. The summed E-state index contributed by atoms with van der Waals surface area (Å²) in [7, 11) is 1.82. The molecule has 2 atom stereocenters. The molecule has 0 aliphatic carbocycles. The minimum atomic E-state index is -8.57. The third-order valence-electron chi connectivity index (χ3n) is 4.21. The molecule has 0 aliphatic heterocycles. The molecule has 1 aromatic rings. The third-order valence-corrected chi connectivity index (χ3v) is 8.26. The van der Waals surface area contributed by atoms with Crippen LogP contribution in [0.4, 0.5) is 74.6 Å². The SMILES string of the molecule is COP(=O)([O-])SC.C[n+]1cc[nH]c1SC(F)(C(F)(F)F)C(F)(F)C(F)(F)C(F)(F)C(F)(F)C(F)(F)C(F)(F)F. The predicted molar refractivity (Wildman–Crippen MR) is 96.6 cm³/mol. The minimum Gasteiger partial charge on any atom is -0.770 e. The molecule has 0 radical (unpaired) electrons. The molecule has 0 spiro atoms. The Hall–Kier alpha value is -1.13. The second-order valence-corrected chi connectivity index (χ2v) is 12.0. The van der Waals surface area contributed by atoms with Crippen molar-refractivity contribution in [1.82, 2.24) is 4.98 Å². The summed E-state index contributed by atoms with van der Waals surface area (Å²) in [5.74, 6) is -41.7. The largest absolute Gasteiger partial charge is 0.770 e. The molecule has 232 valence electrons. The van der Waals surface area contributed by atoms with Gasteiger partial charge in [-0.1, -0.05) is 11.4 Å². The number of thioether (sulfide) groups is 1. The number of halogens is 17. The van der Waals surface area contributed by atoms with Crippen LogP contribution in [-0.2, 0) is 16.1 Å². The number of nitrogens with zero attached hydrogens (tertiary/aromatic N) is 1. The van der Waals surface area contributed by atoms with E-state index in [-0.39, 0.29) is 0 Å². The van der Waals surface area contributed by atoms with Gasteiger partial charge in [-0.15, -0.1) is 0 Å². The highest BCUT2D eigenvalue weighted by atomic mass is 32.7. The van der Waals surface area contributed by atoms with Crippen molar-refractivity contribution in [2.75, 3.05) is 13.4 Å². The van der Waals surface area contributed by atoms with Crippen LogP contribution in [0.2, 0.25) is 0 Å². The van der Waals surface area contributed by atoms with Crippen LogP contribution in [0.1, 0.15) is 0 Å². The van der Waals surface area contributed by atoms with E-state index in [1.54, 1.807) is 4.98 Å². The van der Waals surface area contributed by atoms with E-state index in [1.807, 2.05) is 0 Å². The second kappa shape index (κ2) is 11.3. The fourth-order valence-electron chi connectivity index (χ4n) is 1.97. The fourth-order valence-corrected chi connectivity index (χ4v) is 3.54. The van der Waals surface area contributed by atoms with E-state index in [0.717, 1.165) is 7.11 Å². The van der Waals surface area contributed by atoms with Gasteiger partial charge >= 0.3 is 52.1 Å². The van der Waals surface area contributed by atoms with Gasteiger partial charge in [0.15, 0.2) is 6.80 Å². The Kier molecular flexibility index (Phi) is 10.9. The zero-order valence-electron chi connectivity index (χ0n) is 18.5. The van der Waals surface area contributed by atoms with E-state index < -0.39 is 70.7 Å². The van der Waals surface area contributed by atoms with E-state index in [0.29, 0.717) is 35.4 Å². The first-order valence-corrected chi connectivity index (χ1v) is 12.9. The van der Waals surface area contributed by atoms with E-state index >= 15 is 0 Å². The van der Waals surface area contributed by atoms with Gasteiger partial charge in [0.1, 0.15) is 12.4 Å². The molecule has 0 aliphatic rings. The summed E-state index contributed by atoms with van der Waals surface area (Å²) in [6.45, 7) is -3.49. The number of aromatic amines is 1. The summed E-state index contributed by atoms with van der Waals surface area (Å²) < 4.78 is 238. The summed E-state index contributed by atoms with van der Waals surface area (Å²) >= 11 is -1.29. The maximum atomic E-state index is 14.4. The minimum absolute atomic E-state index is 0.295. The monoisotopic (exact) mass is 674 g/mol. The smallest absolute Gasteiger partial charge is 0.460 e. The van der Waals surface area contributed by atoms with Gasteiger partial charge < -0.3 is 9.42 Å². The van der Waals surface area contributed by atoms with Gasteiger partial charge in [-0.05, 0) is 6.26 Å². The Balaban J connectivity index is 0.00000181. The number of H-pyrrole nitrogens is 1. The van der Waals surface area contributed by atoms with Gasteiger partial charge in [-0.2, -0.15) is 70.2 Å². The first kappa shape index (κ1) is 37.9. The van der Waals surface area contributed by atoms with Crippen LogP contribution in [0.3, 0.4) is 0 Å². The van der Waals surface area contributed by atoms with Crippen LogP contribution >= 0.6 is 29.9 Å². The molecule has 39 heavy (non-hydrogen) atoms. The average molecular weight is 674 g/mol. The van der Waals surface area contributed by atoms with Crippen molar-refractivity contribution in [3.05, 3.63) is 12.4 Å². The maximum absolute atomic E-state index is 14.4. The highest BCUT2D eigenvalue weighted by Crippen LogP contribution is 2.66. The highest BCUT2D eigenvalue weighted by molar-refractivity contribution is 8.54. The molecule has 25 heteroatoms. The molecule has 0 saturated heterocycles. The lowest BCUT2D eigenvalue weighted by Gasteiger charge is -2.43. The molecular formula is C14H12F17N2O3PS2. The lowest BCUT2D eigenvalue weighted by molar-refractivity contribution is -0.708. The summed E-state index contributed by atoms with van der Waals surface area (Å²) in [5, 5.41) is -8.39. The van der Waals surface area contributed by atoms with Crippen molar-refractivity contribution in [2.45, 2.75) is 52.1 Å². The van der Waals surface area contributed by atoms with Crippen LogP contribution in [0.5, 0.6) is 0 Å². The third kappa shape index (κ3) is 6.53. The highest BCUT2D eigenvalue weighted by Gasteiger charge is 2.95. The van der Waals surface area contributed by atoms with Gasteiger partial charge in [0.05, 0.1) is 7.05 Å². The number of aromatic nitrogens is 2. The lowest BCUT2D eigenvalue weighted by atomic mass is 9.91. The Morgan fingerprint density at radius 2 is 1.15 bits per heavy atom. The van der Waals surface area contributed by atoms with Gasteiger partial charge in [-0.25, -0.2) is 13.9 Å². The van der Waals surface area contributed by atoms with Crippen LogP contribution in [0.15, 0.2) is 17.6 Å². The first-order valence-electron chi connectivity index (χ1n) is 8.72. The molecular weight excluding hydrogens is 662 g/mol. The Morgan fingerprint density at radius 1 is 0.769 bits per heavy atom. The summed E-state index contributed by atoms with van der Waals surface area (Å²) in [6.07, 6.45) is -12.4. The van der Waals surface area contributed by atoms with Gasteiger partial charge in [0.25, 0.3) is 0 Å². The molecule has 1 aromatic heterocycles. The number of nitrogens with one attached hydrogen (secondary N) is 1. The zero-order valence-corrected chi connectivity index (χ0v) is 21.0. The van der Waals surface area contributed by atoms with E-state index in [4.69, 9.17) is 0 Å². The topological polar surface area (TPSA) is 69.0 Å². The van der Waals surface area contributed by atoms with E-state index in [2.05, 4.69) is 4.52 Å². The second-order valence-electron chi connectivity index (χ2n) is 6.75. The summed E-state index contributed by atoms with van der Waals surface area (Å²) in [4.78, 5) is 11.7. The predicted octanol–water partition coefficient (Wildman–Crippen LogP) is 6.36. The van der Waals surface area contributed by atoms with Crippen molar-refractivity contribution in [3.63, 3.8) is 0 Å². The molecule has 0 saturated carbocycles.